The van der Waals surface area contributed by atoms with Gasteiger partial charge in [0.15, 0.2) is 11.6 Å². The van der Waals surface area contributed by atoms with E-state index in [1.807, 2.05) is 6.92 Å². The van der Waals surface area contributed by atoms with Crippen LogP contribution < -0.4 is 10.1 Å². The Balaban J connectivity index is 2.11. The lowest BCUT2D eigenvalue weighted by Gasteiger charge is -2.15. The summed E-state index contributed by atoms with van der Waals surface area (Å²) in [6, 6.07) is 6.12. The van der Waals surface area contributed by atoms with Crippen molar-refractivity contribution < 1.29 is 13.9 Å². The molecular weight excluding hydrogens is 297 g/mol. The summed E-state index contributed by atoms with van der Waals surface area (Å²) in [5, 5.41) is 7.18. The number of ether oxygens (including phenoxy) is 1. The summed E-state index contributed by atoms with van der Waals surface area (Å²) < 4.78 is 20.2. The van der Waals surface area contributed by atoms with Crippen molar-refractivity contribution >= 4 is 5.91 Å². The average molecular weight is 319 g/mol. The molecule has 0 fully saturated rings. The monoisotopic (exact) mass is 319 g/mol. The van der Waals surface area contributed by atoms with Gasteiger partial charge in [0.05, 0.1) is 18.8 Å². The molecule has 0 bridgehead atoms. The molecule has 6 heteroatoms. The zero-order valence-corrected chi connectivity index (χ0v) is 13.9. The van der Waals surface area contributed by atoms with Gasteiger partial charge >= 0.3 is 0 Å². The number of amides is 1. The number of carbonyl (C=O) groups excluding carboxylic acids is 1. The second kappa shape index (κ2) is 7.26. The Hall–Kier alpha value is -2.37. The Morgan fingerprint density at radius 2 is 2.17 bits per heavy atom. The first-order chi connectivity index (χ1) is 11.0. The van der Waals surface area contributed by atoms with Crippen LogP contribution in [0.15, 0.2) is 24.3 Å². The van der Waals surface area contributed by atoms with Gasteiger partial charge in [-0.3, -0.25) is 9.48 Å². The van der Waals surface area contributed by atoms with Crippen LogP contribution in [0.25, 0.3) is 0 Å². The summed E-state index contributed by atoms with van der Waals surface area (Å²) in [7, 11) is 3.16. The van der Waals surface area contributed by atoms with Crippen molar-refractivity contribution in [3.8, 4) is 5.75 Å². The number of hydrogen-bond acceptors (Lipinski definition) is 3. The zero-order valence-electron chi connectivity index (χ0n) is 13.9. The molecule has 1 N–H and O–H groups in total. The van der Waals surface area contributed by atoms with Crippen molar-refractivity contribution in [1.29, 1.82) is 0 Å². The minimum absolute atomic E-state index is 0.183. The van der Waals surface area contributed by atoms with E-state index in [1.54, 1.807) is 29.9 Å². The standard InChI is InChI=1S/C17H22FN3O2/c1-5-6-13-10-15(21(3)20-13)17(22)19-11(2)12-7-8-16(23-4)14(18)9-12/h7-11H,5-6H2,1-4H3,(H,19,22)/t11-/m1/s1. The second-order valence-corrected chi connectivity index (χ2v) is 5.48. The molecule has 1 aromatic carbocycles. The highest BCUT2D eigenvalue weighted by molar-refractivity contribution is 5.92. The van der Waals surface area contributed by atoms with Gasteiger partial charge in [-0.05, 0) is 37.1 Å². The molecule has 23 heavy (non-hydrogen) atoms. The van der Waals surface area contributed by atoms with Crippen LogP contribution in [0.5, 0.6) is 5.75 Å². The molecule has 1 atom stereocenters. The van der Waals surface area contributed by atoms with Gasteiger partial charge in [-0.25, -0.2) is 4.39 Å². The predicted molar refractivity (Wildman–Crippen MR) is 86.0 cm³/mol. The fourth-order valence-corrected chi connectivity index (χ4v) is 2.42. The predicted octanol–water partition coefficient (Wildman–Crippen LogP) is 3.01. The van der Waals surface area contributed by atoms with Crippen LogP contribution in [0.1, 0.15) is 48.1 Å². The normalized spacial score (nSPS) is 12.0. The summed E-state index contributed by atoms with van der Waals surface area (Å²) in [5.41, 5.74) is 2.06. The molecule has 0 aliphatic carbocycles. The molecule has 2 aromatic rings. The number of methoxy groups -OCH3 is 1. The molecule has 0 unspecified atom stereocenters. The zero-order chi connectivity index (χ0) is 17.0. The SMILES string of the molecule is CCCc1cc(C(=O)N[C@H](C)c2ccc(OC)c(F)c2)n(C)n1. The molecule has 0 spiro atoms. The molecule has 124 valence electrons. The van der Waals surface area contributed by atoms with E-state index in [9.17, 15) is 9.18 Å². The van der Waals surface area contributed by atoms with Crippen LogP contribution in [-0.2, 0) is 13.5 Å². The third-order valence-electron chi connectivity index (χ3n) is 3.69. The average Bonchev–Trinajstić information content (AvgIpc) is 2.88. The van der Waals surface area contributed by atoms with Crippen LogP contribution in [0.4, 0.5) is 4.39 Å². The van der Waals surface area contributed by atoms with E-state index in [1.165, 1.54) is 13.2 Å². The number of hydrogen-bond donors (Lipinski definition) is 1. The number of halogens is 1. The molecule has 0 radical (unpaired) electrons. The molecule has 0 saturated carbocycles. The van der Waals surface area contributed by atoms with Gasteiger partial charge in [-0.1, -0.05) is 19.4 Å². The van der Waals surface area contributed by atoms with Crippen molar-refractivity contribution in [1.82, 2.24) is 15.1 Å². The molecule has 1 amide bonds. The Labute approximate surface area is 135 Å². The topological polar surface area (TPSA) is 56.1 Å². The molecule has 5 nitrogen and oxygen atoms in total. The van der Waals surface area contributed by atoms with Crippen LogP contribution in [-0.4, -0.2) is 22.8 Å². The Morgan fingerprint density at radius 1 is 1.43 bits per heavy atom. The maximum atomic E-state index is 13.8. The van der Waals surface area contributed by atoms with Crippen LogP contribution in [0.3, 0.4) is 0 Å². The molecule has 2 rings (SSSR count). The summed E-state index contributed by atoms with van der Waals surface area (Å²) >= 11 is 0. The van der Waals surface area contributed by atoms with Crippen molar-refractivity contribution in [3.63, 3.8) is 0 Å². The summed E-state index contributed by atoms with van der Waals surface area (Å²) in [6.07, 6.45) is 1.81. The van der Waals surface area contributed by atoms with Gasteiger partial charge < -0.3 is 10.1 Å². The molecule has 0 aliphatic heterocycles. The van der Waals surface area contributed by atoms with E-state index in [4.69, 9.17) is 4.74 Å². The number of aromatic nitrogens is 2. The van der Waals surface area contributed by atoms with Crippen LogP contribution in [0, 0.1) is 5.82 Å². The maximum absolute atomic E-state index is 13.8. The summed E-state index contributed by atoms with van der Waals surface area (Å²) in [5.74, 6) is -0.494. The number of nitrogens with zero attached hydrogens (tertiary/aromatic N) is 2. The van der Waals surface area contributed by atoms with E-state index < -0.39 is 5.82 Å². The minimum atomic E-state index is -0.447. The van der Waals surface area contributed by atoms with Crippen molar-refractivity contribution in [2.24, 2.45) is 7.05 Å². The Morgan fingerprint density at radius 3 is 2.78 bits per heavy atom. The van der Waals surface area contributed by atoms with E-state index in [2.05, 4.69) is 17.3 Å². The van der Waals surface area contributed by atoms with Gasteiger partial charge in [-0.15, -0.1) is 0 Å². The first-order valence-corrected chi connectivity index (χ1v) is 7.63. The fourth-order valence-electron chi connectivity index (χ4n) is 2.42. The van der Waals surface area contributed by atoms with E-state index in [0.717, 1.165) is 18.5 Å². The van der Waals surface area contributed by atoms with Gasteiger partial charge in [0.2, 0.25) is 0 Å². The van der Waals surface area contributed by atoms with Crippen molar-refractivity contribution in [2.75, 3.05) is 7.11 Å². The van der Waals surface area contributed by atoms with Crippen molar-refractivity contribution in [3.05, 3.63) is 47.0 Å². The van der Waals surface area contributed by atoms with E-state index >= 15 is 0 Å². The smallest absolute Gasteiger partial charge is 0.270 e. The highest BCUT2D eigenvalue weighted by atomic mass is 19.1. The lowest BCUT2D eigenvalue weighted by atomic mass is 10.1. The minimum Gasteiger partial charge on any atom is -0.494 e. The third-order valence-corrected chi connectivity index (χ3v) is 3.69. The van der Waals surface area contributed by atoms with E-state index in [0.29, 0.717) is 11.3 Å². The quantitative estimate of drug-likeness (QED) is 0.890. The number of aryl methyl sites for hydroxylation is 2. The van der Waals surface area contributed by atoms with Crippen LogP contribution >= 0.6 is 0 Å². The number of carbonyl (C=O) groups is 1. The molecule has 0 aliphatic rings. The first kappa shape index (κ1) is 17.0. The highest BCUT2D eigenvalue weighted by Crippen LogP contribution is 2.22. The highest BCUT2D eigenvalue weighted by Gasteiger charge is 2.17. The molecule has 1 heterocycles. The second-order valence-electron chi connectivity index (χ2n) is 5.48. The van der Waals surface area contributed by atoms with Gasteiger partial charge in [0.1, 0.15) is 5.69 Å². The molecular formula is C17H22FN3O2. The summed E-state index contributed by atoms with van der Waals surface area (Å²) in [4.78, 5) is 12.4. The number of nitrogens with one attached hydrogen (secondary N) is 1. The van der Waals surface area contributed by atoms with Crippen LogP contribution in [0.2, 0.25) is 0 Å². The number of benzene rings is 1. The Bertz CT molecular complexity index is 697. The number of rotatable bonds is 6. The lowest BCUT2D eigenvalue weighted by Crippen LogP contribution is -2.28. The fraction of sp³-hybridized carbons (Fsp3) is 0.412. The van der Waals surface area contributed by atoms with Gasteiger partial charge in [-0.2, -0.15) is 5.10 Å². The first-order valence-electron chi connectivity index (χ1n) is 7.63. The summed E-state index contributed by atoms with van der Waals surface area (Å²) in [6.45, 7) is 3.87. The van der Waals surface area contributed by atoms with Crippen molar-refractivity contribution in [2.45, 2.75) is 32.7 Å². The maximum Gasteiger partial charge on any atom is 0.270 e. The Kier molecular flexibility index (Phi) is 5.36. The third kappa shape index (κ3) is 3.88. The lowest BCUT2D eigenvalue weighted by molar-refractivity contribution is 0.0930. The largest absolute Gasteiger partial charge is 0.494 e. The van der Waals surface area contributed by atoms with Gasteiger partial charge in [0, 0.05) is 7.05 Å². The molecule has 1 aromatic heterocycles. The molecule has 0 saturated heterocycles. The van der Waals surface area contributed by atoms with Gasteiger partial charge in [0.25, 0.3) is 5.91 Å². The van der Waals surface area contributed by atoms with E-state index in [-0.39, 0.29) is 17.7 Å².